The van der Waals surface area contributed by atoms with Gasteiger partial charge in [0.2, 0.25) is 5.91 Å². The fourth-order valence-electron chi connectivity index (χ4n) is 2.70. The molecule has 0 saturated carbocycles. The highest BCUT2D eigenvalue weighted by Crippen LogP contribution is 2.37. The van der Waals surface area contributed by atoms with Gasteiger partial charge in [0, 0.05) is 18.7 Å². The SMILES string of the molecule is CCOc1c(Cl)cc(C(=O)N2CCNC(=O)C2CC(=O)OC)cc1OC. The van der Waals surface area contributed by atoms with Gasteiger partial charge in [-0.3, -0.25) is 14.4 Å². The maximum Gasteiger partial charge on any atom is 0.308 e. The zero-order chi connectivity index (χ0) is 19.3. The van der Waals surface area contributed by atoms with Crippen LogP contribution in [0.15, 0.2) is 12.1 Å². The average molecular weight is 385 g/mol. The van der Waals surface area contributed by atoms with Crippen LogP contribution in [-0.2, 0) is 14.3 Å². The van der Waals surface area contributed by atoms with Crippen molar-refractivity contribution in [3.05, 3.63) is 22.7 Å². The number of rotatable bonds is 6. The summed E-state index contributed by atoms with van der Waals surface area (Å²) in [7, 11) is 2.67. The van der Waals surface area contributed by atoms with Crippen LogP contribution < -0.4 is 14.8 Å². The number of ether oxygens (including phenoxy) is 3. The Balaban J connectivity index is 2.34. The molecule has 1 heterocycles. The molecule has 1 aliphatic heterocycles. The molecular weight excluding hydrogens is 364 g/mol. The number of hydrogen-bond acceptors (Lipinski definition) is 6. The van der Waals surface area contributed by atoms with Crippen molar-refractivity contribution in [3.8, 4) is 11.5 Å². The number of piperazine rings is 1. The van der Waals surface area contributed by atoms with Gasteiger partial charge in [-0.2, -0.15) is 0 Å². The number of carbonyl (C=O) groups excluding carboxylic acids is 3. The molecule has 1 N–H and O–H groups in total. The van der Waals surface area contributed by atoms with E-state index in [9.17, 15) is 14.4 Å². The van der Waals surface area contributed by atoms with Crippen molar-refractivity contribution in [3.63, 3.8) is 0 Å². The highest BCUT2D eigenvalue weighted by molar-refractivity contribution is 6.32. The molecule has 1 aliphatic rings. The van der Waals surface area contributed by atoms with Crippen molar-refractivity contribution in [1.29, 1.82) is 0 Å². The van der Waals surface area contributed by atoms with E-state index in [2.05, 4.69) is 10.1 Å². The van der Waals surface area contributed by atoms with Gasteiger partial charge < -0.3 is 24.4 Å². The van der Waals surface area contributed by atoms with E-state index in [0.29, 0.717) is 24.7 Å². The van der Waals surface area contributed by atoms with Gasteiger partial charge in [0.25, 0.3) is 5.91 Å². The number of nitrogens with one attached hydrogen (secondary N) is 1. The lowest BCUT2D eigenvalue weighted by atomic mass is 10.1. The summed E-state index contributed by atoms with van der Waals surface area (Å²) < 4.78 is 15.3. The lowest BCUT2D eigenvalue weighted by molar-refractivity contribution is -0.145. The highest BCUT2D eigenvalue weighted by Gasteiger charge is 2.36. The van der Waals surface area contributed by atoms with Crippen molar-refractivity contribution in [2.45, 2.75) is 19.4 Å². The van der Waals surface area contributed by atoms with Crippen molar-refractivity contribution in [2.75, 3.05) is 33.9 Å². The summed E-state index contributed by atoms with van der Waals surface area (Å²) in [6.45, 7) is 2.75. The van der Waals surface area contributed by atoms with Gasteiger partial charge in [-0.25, -0.2) is 0 Å². The van der Waals surface area contributed by atoms with E-state index in [0.717, 1.165) is 0 Å². The Morgan fingerprint density at radius 2 is 2.08 bits per heavy atom. The number of benzene rings is 1. The van der Waals surface area contributed by atoms with E-state index in [1.807, 2.05) is 0 Å². The minimum absolute atomic E-state index is 0.223. The molecule has 0 bridgehead atoms. The first-order valence-corrected chi connectivity index (χ1v) is 8.46. The minimum atomic E-state index is -0.944. The fraction of sp³-hybridized carbons (Fsp3) is 0.471. The maximum atomic E-state index is 13.0. The summed E-state index contributed by atoms with van der Waals surface area (Å²) in [6, 6.07) is 2.01. The van der Waals surface area contributed by atoms with E-state index < -0.39 is 23.8 Å². The van der Waals surface area contributed by atoms with Crippen LogP contribution in [0.2, 0.25) is 5.02 Å². The second-order valence-corrected chi connectivity index (χ2v) is 5.92. The van der Waals surface area contributed by atoms with E-state index >= 15 is 0 Å². The molecule has 0 spiro atoms. The molecule has 26 heavy (non-hydrogen) atoms. The Labute approximate surface area is 156 Å². The highest BCUT2D eigenvalue weighted by atomic mass is 35.5. The number of carbonyl (C=O) groups is 3. The number of amides is 2. The van der Waals surface area contributed by atoms with Crippen LogP contribution in [0.1, 0.15) is 23.7 Å². The van der Waals surface area contributed by atoms with Crippen LogP contribution in [0.4, 0.5) is 0 Å². The van der Waals surface area contributed by atoms with E-state index in [4.69, 9.17) is 21.1 Å². The zero-order valence-electron chi connectivity index (χ0n) is 14.8. The predicted molar refractivity (Wildman–Crippen MR) is 93.6 cm³/mol. The smallest absolute Gasteiger partial charge is 0.308 e. The van der Waals surface area contributed by atoms with E-state index in [-0.39, 0.29) is 23.6 Å². The molecule has 2 amide bonds. The van der Waals surface area contributed by atoms with Crippen LogP contribution in [0, 0.1) is 0 Å². The molecule has 1 unspecified atom stereocenters. The second-order valence-electron chi connectivity index (χ2n) is 5.51. The summed E-state index contributed by atoms with van der Waals surface area (Å²) in [4.78, 5) is 38.0. The van der Waals surface area contributed by atoms with Crippen molar-refractivity contribution < 1.29 is 28.6 Å². The predicted octanol–water partition coefficient (Wildman–Crippen LogP) is 1.25. The fourth-order valence-corrected chi connectivity index (χ4v) is 2.96. The summed E-state index contributed by atoms with van der Waals surface area (Å²) in [5, 5.41) is 2.87. The molecule has 1 atom stereocenters. The largest absolute Gasteiger partial charge is 0.493 e. The Morgan fingerprint density at radius 1 is 1.35 bits per heavy atom. The first kappa shape index (κ1) is 19.8. The van der Waals surface area contributed by atoms with E-state index in [1.165, 1.54) is 31.3 Å². The van der Waals surface area contributed by atoms with Gasteiger partial charge in [-0.05, 0) is 19.1 Å². The Bertz CT molecular complexity index is 709. The van der Waals surface area contributed by atoms with Crippen molar-refractivity contribution in [2.24, 2.45) is 0 Å². The molecule has 0 aliphatic carbocycles. The van der Waals surface area contributed by atoms with Crippen LogP contribution in [0.3, 0.4) is 0 Å². The van der Waals surface area contributed by atoms with Gasteiger partial charge >= 0.3 is 5.97 Å². The van der Waals surface area contributed by atoms with Crippen LogP contribution in [-0.4, -0.2) is 62.6 Å². The number of hydrogen-bond donors (Lipinski definition) is 1. The van der Waals surface area contributed by atoms with Crippen molar-refractivity contribution >= 4 is 29.4 Å². The molecule has 0 radical (unpaired) electrons. The number of esters is 1. The average Bonchev–Trinajstić information content (AvgIpc) is 2.64. The summed E-state index contributed by atoms with van der Waals surface area (Å²) in [5.41, 5.74) is 0.236. The summed E-state index contributed by atoms with van der Waals surface area (Å²) >= 11 is 6.22. The standard InChI is InChI=1S/C17H21ClN2O6/c1-4-26-15-11(18)7-10(8-13(15)24-2)17(23)20-6-5-19-16(22)12(20)9-14(21)25-3/h7-8,12H,4-6,9H2,1-3H3,(H,19,22). The minimum Gasteiger partial charge on any atom is -0.493 e. The molecule has 2 rings (SSSR count). The second kappa shape index (κ2) is 8.75. The Kier molecular flexibility index (Phi) is 6.68. The van der Waals surface area contributed by atoms with Gasteiger partial charge in [-0.1, -0.05) is 11.6 Å². The van der Waals surface area contributed by atoms with Crippen LogP contribution in [0.5, 0.6) is 11.5 Å². The molecule has 142 valence electrons. The molecule has 1 saturated heterocycles. The monoisotopic (exact) mass is 384 g/mol. The zero-order valence-corrected chi connectivity index (χ0v) is 15.6. The summed E-state index contributed by atoms with van der Waals surface area (Å²) in [5.74, 6) is -0.757. The molecule has 1 aromatic rings. The van der Waals surface area contributed by atoms with Gasteiger partial charge in [-0.15, -0.1) is 0 Å². The lowest BCUT2D eigenvalue weighted by Crippen LogP contribution is -2.57. The Hall–Kier alpha value is -2.48. The number of nitrogens with zero attached hydrogens (tertiary/aromatic N) is 1. The third kappa shape index (κ3) is 4.19. The third-order valence-corrected chi connectivity index (χ3v) is 4.23. The molecule has 9 heteroatoms. The molecule has 1 aromatic carbocycles. The first-order valence-electron chi connectivity index (χ1n) is 8.08. The quantitative estimate of drug-likeness (QED) is 0.742. The molecular formula is C17H21ClN2O6. The number of methoxy groups -OCH3 is 2. The lowest BCUT2D eigenvalue weighted by Gasteiger charge is -2.34. The normalized spacial score (nSPS) is 16.7. The third-order valence-electron chi connectivity index (χ3n) is 3.94. The molecule has 8 nitrogen and oxygen atoms in total. The van der Waals surface area contributed by atoms with Gasteiger partial charge in [0.05, 0.1) is 32.3 Å². The maximum absolute atomic E-state index is 13.0. The van der Waals surface area contributed by atoms with Crippen molar-refractivity contribution in [1.82, 2.24) is 10.2 Å². The topological polar surface area (TPSA) is 94.2 Å². The molecule has 0 aromatic heterocycles. The van der Waals surface area contributed by atoms with Crippen LogP contribution in [0.25, 0.3) is 0 Å². The van der Waals surface area contributed by atoms with Crippen LogP contribution >= 0.6 is 11.6 Å². The first-order chi connectivity index (χ1) is 12.4. The van der Waals surface area contributed by atoms with Gasteiger partial charge in [0.1, 0.15) is 6.04 Å². The summed E-state index contributed by atoms with van der Waals surface area (Å²) in [6.07, 6.45) is -0.226. The number of halogens is 1. The van der Waals surface area contributed by atoms with Gasteiger partial charge in [0.15, 0.2) is 11.5 Å². The Morgan fingerprint density at radius 3 is 2.69 bits per heavy atom. The van der Waals surface area contributed by atoms with E-state index in [1.54, 1.807) is 6.92 Å². The molecule has 1 fully saturated rings.